The molecular formula is C17H19ClN4O. The van der Waals surface area contributed by atoms with Gasteiger partial charge in [-0.3, -0.25) is 0 Å². The maximum Gasteiger partial charge on any atom is 0.222 e. The molecule has 2 aromatic rings. The number of halogens is 1. The number of anilines is 2. The van der Waals surface area contributed by atoms with Crippen LogP contribution in [0.15, 0.2) is 30.3 Å². The number of aromatic nitrogens is 2. The van der Waals surface area contributed by atoms with Gasteiger partial charge in [0, 0.05) is 23.6 Å². The number of hydrogen-bond donors (Lipinski definition) is 2. The van der Waals surface area contributed by atoms with E-state index in [1.807, 2.05) is 24.3 Å². The number of ether oxygens (including phenoxy) is 1. The van der Waals surface area contributed by atoms with E-state index in [1.165, 1.54) is 0 Å². The average molecular weight is 331 g/mol. The van der Waals surface area contributed by atoms with E-state index in [0.29, 0.717) is 18.5 Å². The highest BCUT2D eigenvalue weighted by atomic mass is 35.5. The molecule has 2 heterocycles. The minimum absolute atomic E-state index is 0.136. The van der Waals surface area contributed by atoms with Crippen molar-refractivity contribution in [2.75, 3.05) is 24.3 Å². The zero-order valence-corrected chi connectivity index (χ0v) is 13.5. The summed E-state index contributed by atoms with van der Waals surface area (Å²) in [5.74, 6) is 1.36. The summed E-state index contributed by atoms with van der Waals surface area (Å²) in [6.45, 7) is 1.48. The first-order chi connectivity index (χ1) is 11.2. The number of nitrogens with two attached hydrogens (primary N) is 1. The van der Waals surface area contributed by atoms with Crippen LogP contribution in [-0.4, -0.2) is 23.2 Å². The molecule has 2 aliphatic rings. The largest absolute Gasteiger partial charge is 0.381 e. The van der Waals surface area contributed by atoms with Crippen molar-refractivity contribution in [2.24, 2.45) is 0 Å². The van der Waals surface area contributed by atoms with Gasteiger partial charge in [0.15, 0.2) is 0 Å². The highest BCUT2D eigenvalue weighted by Crippen LogP contribution is 2.50. The van der Waals surface area contributed by atoms with E-state index < -0.39 is 0 Å². The van der Waals surface area contributed by atoms with Crippen LogP contribution in [-0.2, 0) is 10.3 Å². The summed E-state index contributed by atoms with van der Waals surface area (Å²) >= 11 is 6.37. The van der Waals surface area contributed by atoms with Crippen LogP contribution in [0.1, 0.15) is 36.4 Å². The van der Waals surface area contributed by atoms with Crippen LogP contribution in [0.25, 0.3) is 0 Å². The third kappa shape index (κ3) is 2.86. The number of rotatable bonds is 4. The molecule has 23 heavy (non-hydrogen) atoms. The maximum atomic E-state index is 6.37. The molecule has 1 aliphatic heterocycles. The van der Waals surface area contributed by atoms with Gasteiger partial charge < -0.3 is 15.8 Å². The predicted octanol–water partition coefficient (Wildman–Crippen LogP) is 3.32. The second-order valence-electron chi connectivity index (χ2n) is 6.28. The molecule has 4 rings (SSSR count). The number of nitrogen functional groups attached to an aromatic ring is 1. The van der Waals surface area contributed by atoms with Gasteiger partial charge in [-0.1, -0.05) is 29.8 Å². The van der Waals surface area contributed by atoms with Crippen molar-refractivity contribution in [3.05, 3.63) is 46.6 Å². The Kier molecular flexibility index (Phi) is 3.62. The van der Waals surface area contributed by atoms with Crippen LogP contribution in [0, 0.1) is 0 Å². The van der Waals surface area contributed by atoms with Crippen molar-refractivity contribution < 1.29 is 4.74 Å². The van der Waals surface area contributed by atoms with Gasteiger partial charge in [0.25, 0.3) is 0 Å². The summed E-state index contributed by atoms with van der Waals surface area (Å²) in [7, 11) is 0. The third-order valence-electron chi connectivity index (χ3n) is 4.62. The lowest BCUT2D eigenvalue weighted by atomic mass is 10.0. The summed E-state index contributed by atoms with van der Waals surface area (Å²) < 4.78 is 5.45. The van der Waals surface area contributed by atoms with Gasteiger partial charge >= 0.3 is 0 Å². The van der Waals surface area contributed by atoms with Gasteiger partial charge in [0.2, 0.25) is 5.95 Å². The smallest absolute Gasteiger partial charge is 0.222 e. The zero-order chi connectivity index (χ0) is 15.9. The fourth-order valence-electron chi connectivity index (χ4n) is 3.21. The first-order valence-corrected chi connectivity index (χ1v) is 8.29. The summed E-state index contributed by atoms with van der Waals surface area (Å²) in [5.41, 5.74) is 7.84. The summed E-state index contributed by atoms with van der Waals surface area (Å²) in [4.78, 5) is 8.73. The Morgan fingerprint density at radius 1 is 1.26 bits per heavy atom. The highest BCUT2D eigenvalue weighted by Gasteiger charge is 2.46. The second-order valence-corrected chi connectivity index (χ2v) is 6.69. The Hall–Kier alpha value is -1.85. The van der Waals surface area contributed by atoms with Crippen molar-refractivity contribution in [2.45, 2.75) is 30.7 Å². The molecule has 0 unspecified atom stereocenters. The summed E-state index contributed by atoms with van der Waals surface area (Å²) in [6.07, 6.45) is 3.04. The van der Waals surface area contributed by atoms with Crippen LogP contribution in [0.3, 0.4) is 0 Å². The van der Waals surface area contributed by atoms with E-state index in [9.17, 15) is 0 Å². The van der Waals surface area contributed by atoms with Crippen molar-refractivity contribution in [3.8, 4) is 0 Å². The molecule has 6 heteroatoms. The molecule has 0 bridgehead atoms. The molecular weight excluding hydrogens is 312 g/mol. The van der Waals surface area contributed by atoms with Crippen LogP contribution < -0.4 is 11.1 Å². The Morgan fingerprint density at radius 2 is 2.09 bits per heavy atom. The SMILES string of the molecule is Nc1nc(NC2(c3ccccc3Cl)CC2)cc([C@@H]2CCOC2)n1. The zero-order valence-electron chi connectivity index (χ0n) is 12.8. The van der Waals surface area contributed by atoms with Crippen molar-refractivity contribution in [1.82, 2.24) is 9.97 Å². The Bertz CT molecular complexity index is 726. The van der Waals surface area contributed by atoms with E-state index in [2.05, 4.69) is 21.4 Å². The standard InChI is InChI=1S/C17H19ClN4O/c18-13-4-2-1-3-12(13)17(6-7-17)22-15-9-14(20-16(19)21-15)11-5-8-23-10-11/h1-4,9,11H,5-8,10H2,(H3,19,20,21,22)/t11-/m1/s1. The quantitative estimate of drug-likeness (QED) is 0.899. The fraction of sp³-hybridized carbons (Fsp3) is 0.412. The molecule has 1 saturated heterocycles. The van der Waals surface area contributed by atoms with E-state index in [-0.39, 0.29) is 5.54 Å². The van der Waals surface area contributed by atoms with Crippen LogP contribution in [0.5, 0.6) is 0 Å². The van der Waals surface area contributed by atoms with E-state index in [0.717, 1.165) is 48.0 Å². The Morgan fingerprint density at radius 3 is 2.78 bits per heavy atom. The van der Waals surface area contributed by atoms with Gasteiger partial charge in [-0.05, 0) is 30.9 Å². The lowest BCUT2D eigenvalue weighted by Crippen LogP contribution is -2.21. The third-order valence-corrected chi connectivity index (χ3v) is 4.95. The van der Waals surface area contributed by atoms with Crippen LogP contribution >= 0.6 is 11.6 Å². The highest BCUT2D eigenvalue weighted by molar-refractivity contribution is 6.31. The Balaban J connectivity index is 1.63. The number of nitrogens with one attached hydrogen (secondary N) is 1. The molecule has 1 aliphatic carbocycles. The molecule has 1 saturated carbocycles. The van der Waals surface area contributed by atoms with Crippen molar-refractivity contribution >= 4 is 23.4 Å². The summed E-state index contributed by atoms with van der Waals surface area (Å²) in [5, 5.41) is 4.32. The lowest BCUT2D eigenvalue weighted by molar-refractivity contribution is 0.193. The molecule has 2 fully saturated rings. The van der Waals surface area contributed by atoms with Crippen LogP contribution in [0.4, 0.5) is 11.8 Å². The van der Waals surface area contributed by atoms with Crippen LogP contribution in [0.2, 0.25) is 5.02 Å². The van der Waals surface area contributed by atoms with E-state index in [1.54, 1.807) is 0 Å². The fourth-order valence-corrected chi connectivity index (χ4v) is 3.52. The molecule has 1 aromatic heterocycles. The van der Waals surface area contributed by atoms with Crippen molar-refractivity contribution in [1.29, 1.82) is 0 Å². The second kappa shape index (κ2) is 5.65. The van der Waals surface area contributed by atoms with Gasteiger partial charge in [0.1, 0.15) is 5.82 Å². The monoisotopic (exact) mass is 330 g/mol. The average Bonchev–Trinajstić information content (AvgIpc) is 3.10. The number of benzene rings is 1. The Labute approximate surface area is 140 Å². The normalized spacial score (nSPS) is 22.0. The van der Waals surface area contributed by atoms with Gasteiger partial charge in [0.05, 0.1) is 17.8 Å². The number of nitrogens with zero attached hydrogens (tertiary/aromatic N) is 2. The summed E-state index contributed by atoms with van der Waals surface area (Å²) in [6, 6.07) is 9.95. The maximum absolute atomic E-state index is 6.37. The van der Waals surface area contributed by atoms with Crippen molar-refractivity contribution in [3.63, 3.8) is 0 Å². The molecule has 120 valence electrons. The first kappa shape index (κ1) is 14.7. The van der Waals surface area contributed by atoms with E-state index in [4.69, 9.17) is 22.1 Å². The minimum atomic E-state index is -0.136. The molecule has 1 atom stereocenters. The van der Waals surface area contributed by atoms with Gasteiger partial charge in [-0.2, -0.15) is 4.98 Å². The topological polar surface area (TPSA) is 73.1 Å². The molecule has 1 aromatic carbocycles. The minimum Gasteiger partial charge on any atom is -0.381 e. The molecule has 0 radical (unpaired) electrons. The number of hydrogen-bond acceptors (Lipinski definition) is 5. The van der Waals surface area contributed by atoms with Gasteiger partial charge in [-0.25, -0.2) is 4.98 Å². The molecule has 5 nitrogen and oxygen atoms in total. The van der Waals surface area contributed by atoms with E-state index >= 15 is 0 Å². The predicted molar refractivity (Wildman–Crippen MR) is 90.6 cm³/mol. The van der Waals surface area contributed by atoms with Gasteiger partial charge in [-0.15, -0.1) is 0 Å². The first-order valence-electron chi connectivity index (χ1n) is 7.92. The lowest BCUT2D eigenvalue weighted by Gasteiger charge is -2.21. The molecule has 3 N–H and O–H groups in total. The molecule has 0 spiro atoms. The molecule has 0 amide bonds.